The normalized spacial score (nSPS) is 43.4. The number of carbonyl (C=O) groups is 3. The molecule has 0 radical (unpaired) electrons. The third kappa shape index (κ3) is 3.89. The van der Waals surface area contributed by atoms with Crippen LogP contribution in [0.2, 0.25) is 0 Å². The van der Waals surface area contributed by atoms with Crippen molar-refractivity contribution in [2.24, 2.45) is 46.8 Å². The quantitative estimate of drug-likeness (QED) is 0.635. The first kappa shape index (κ1) is 21.3. The van der Waals surface area contributed by atoms with Gasteiger partial charge in [0, 0.05) is 6.54 Å². The van der Waals surface area contributed by atoms with Crippen LogP contribution in [-0.2, 0) is 19.1 Å². The summed E-state index contributed by atoms with van der Waals surface area (Å²) in [6.07, 6.45) is 12.1. The Hall–Kier alpha value is -1.59. The first-order valence-corrected chi connectivity index (χ1v) is 12.5. The Morgan fingerprint density at radius 2 is 1.35 bits per heavy atom. The molecule has 7 fully saturated rings. The molecule has 6 heteroatoms. The summed E-state index contributed by atoms with van der Waals surface area (Å²) in [5, 5.41) is 6.18. The molecule has 0 heterocycles. The highest BCUT2D eigenvalue weighted by Gasteiger charge is 2.53. The molecular weight excluding hydrogens is 392 g/mol. The maximum Gasteiger partial charge on any atom is 0.328 e. The number of hydrogen-bond donors (Lipinski definition) is 2. The molecular formula is C25H38N2O4. The fourth-order valence-corrected chi connectivity index (χ4v) is 8.65. The minimum absolute atomic E-state index is 0.0796. The van der Waals surface area contributed by atoms with Gasteiger partial charge < -0.3 is 15.4 Å². The molecule has 172 valence electrons. The van der Waals surface area contributed by atoms with Crippen molar-refractivity contribution >= 4 is 17.8 Å². The minimum Gasteiger partial charge on any atom is -0.467 e. The molecule has 6 nitrogen and oxygen atoms in total. The summed E-state index contributed by atoms with van der Waals surface area (Å²) < 4.78 is 4.76. The highest BCUT2D eigenvalue weighted by molar-refractivity contribution is 5.91. The molecule has 7 aliphatic carbocycles. The van der Waals surface area contributed by atoms with Crippen LogP contribution in [0.5, 0.6) is 0 Å². The summed E-state index contributed by atoms with van der Waals surface area (Å²) in [6, 6.07) is -0.686. The average molecular weight is 431 g/mol. The van der Waals surface area contributed by atoms with Crippen LogP contribution in [0.4, 0.5) is 0 Å². The minimum atomic E-state index is -0.686. The summed E-state index contributed by atoms with van der Waals surface area (Å²) in [6.45, 7) is 2.43. The molecule has 0 aliphatic heterocycles. The second kappa shape index (κ2) is 8.08. The smallest absolute Gasteiger partial charge is 0.328 e. The van der Waals surface area contributed by atoms with Gasteiger partial charge in [0.2, 0.25) is 11.8 Å². The molecule has 7 aliphatic rings. The van der Waals surface area contributed by atoms with Crippen molar-refractivity contribution in [3.63, 3.8) is 0 Å². The van der Waals surface area contributed by atoms with Gasteiger partial charge in [-0.2, -0.15) is 0 Å². The lowest BCUT2D eigenvalue weighted by atomic mass is 9.49. The van der Waals surface area contributed by atoms with Crippen LogP contribution in [0.3, 0.4) is 0 Å². The third-order valence-electron chi connectivity index (χ3n) is 9.54. The number of amides is 2. The number of carbonyl (C=O) groups excluding carboxylic acids is 3. The van der Waals surface area contributed by atoms with E-state index in [0.29, 0.717) is 5.41 Å². The molecule has 0 spiro atoms. The van der Waals surface area contributed by atoms with Gasteiger partial charge in [0.05, 0.1) is 18.9 Å². The Bertz CT molecular complexity index is 707. The third-order valence-corrected chi connectivity index (χ3v) is 9.54. The van der Waals surface area contributed by atoms with E-state index in [4.69, 9.17) is 4.74 Å². The number of nitrogens with one attached hydrogen (secondary N) is 2. The van der Waals surface area contributed by atoms with Crippen molar-refractivity contribution < 1.29 is 19.1 Å². The largest absolute Gasteiger partial charge is 0.467 e. The highest BCUT2D eigenvalue weighted by Crippen LogP contribution is 2.59. The Balaban J connectivity index is 1.26. The Labute approximate surface area is 185 Å². The first-order chi connectivity index (χ1) is 14.9. The maximum atomic E-state index is 13.5. The van der Waals surface area contributed by atoms with E-state index < -0.39 is 12.0 Å². The van der Waals surface area contributed by atoms with E-state index in [0.717, 1.165) is 50.0 Å². The zero-order chi connectivity index (χ0) is 21.8. The van der Waals surface area contributed by atoms with Crippen molar-refractivity contribution in [3.8, 4) is 0 Å². The van der Waals surface area contributed by atoms with E-state index in [2.05, 4.69) is 10.6 Å². The predicted molar refractivity (Wildman–Crippen MR) is 116 cm³/mol. The van der Waals surface area contributed by atoms with Crippen molar-refractivity contribution in [3.05, 3.63) is 0 Å². The van der Waals surface area contributed by atoms with Crippen LogP contribution in [-0.4, -0.2) is 37.5 Å². The van der Waals surface area contributed by atoms with Crippen molar-refractivity contribution in [2.45, 2.75) is 77.2 Å². The summed E-state index contributed by atoms with van der Waals surface area (Å²) in [7, 11) is 1.33. The van der Waals surface area contributed by atoms with Crippen LogP contribution < -0.4 is 10.6 Å². The van der Waals surface area contributed by atoms with Gasteiger partial charge in [-0.1, -0.05) is 0 Å². The Kier molecular flexibility index (Phi) is 5.54. The molecule has 7 rings (SSSR count). The van der Waals surface area contributed by atoms with Gasteiger partial charge in [-0.15, -0.1) is 0 Å². The zero-order valence-corrected chi connectivity index (χ0v) is 19.0. The number of rotatable bonds is 6. The van der Waals surface area contributed by atoms with E-state index in [-0.39, 0.29) is 35.5 Å². The molecule has 3 atom stereocenters. The van der Waals surface area contributed by atoms with Crippen LogP contribution in [0, 0.1) is 46.8 Å². The molecule has 2 amide bonds. The van der Waals surface area contributed by atoms with E-state index in [1.54, 1.807) is 6.92 Å². The van der Waals surface area contributed by atoms with Crippen LogP contribution >= 0.6 is 0 Å². The van der Waals surface area contributed by atoms with Crippen molar-refractivity contribution in [1.29, 1.82) is 0 Å². The number of ether oxygens (including phenoxy) is 1. The van der Waals surface area contributed by atoms with Crippen LogP contribution in [0.25, 0.3) is 0 Å². The fourth-order valence-electron chi connectivity index (χ4n) is 8.65. The monoisotopic (exact) mass is 430 g/mol. The van der Waals surface area contributed by atoms with E-state index >= 15 is 0 Å². The molecule has 7 saturated carbocycles. The predicted octanol–water partition coefficient (Wildman–Crippen LogP) is 3.05. The lowest BCUT2D eigenvalue weighted by Gasteiger charge is -2.57. The number of esters is 1. The van der Waals surface area contributed by atoms with Crippen LogP contribution in [0.1, 0.15) is 71.1 Å². The topological polar surface area (TPSA) is 84.5 Å². The molecule has 0 aromatic rings. The van der Waals surface area contributed by atoms with Gasteiger partial charge in [-0.3, -0.25) is 9.59 Å². The van der Waals surface area contributed by atoms with E-state index in [9.17, 15) is 14.4 Å². The first-order valence-electron chi connectivity index (χ1n) is 12.5. The van der Waals surface area contributed by atoms with Gasteiger partial charge >= 0.3 is 5.97 Å². The molecule has 31 heavy (non-hydrogen) atoms. The molecule has 2 N–H and O–H groups in total. The maximum absolute atomic E-state index is 13.5. The van der Waals surface area contributed by atoms with E-state index in [1.165, 1.54) is 45.6 Å². The number of fused-ring (bicyclic) bond motifs is 3. The Morgan fingerprint density at radius 3 is 1.84 bits per heavy atom. The fraction of sp³-hybridized carbons (Fsp3) is 0.880. The second-order valence-corrected chi connectivity index (χ2v) is 11.6. The lowest BCUT2D eigenvalue weighted by Crippen LogP contribution is -2.57. The SMILES string of the molecule is COC(=O)C(C)NC(=O)[C@H]1C2CCC(CC2)[C@H]1C(=O)NCC12CC3CC(CC(C3)C1)C2. The molecule has 0 aromatic carbocycles. The van der Waals surface area contributed by atoms with Gasteiger partial charge in [-0.05, 0) is 106 Å². The van der Waals surface area contributed by atoms with Gasteiger partial charge in [0.25, 0.3) is 0 Å². The van der Waals surface area contributed by atoms with Crippen molar-refractivity contribution in [2.75, 3.05) is 13.7 Å². The standard InChI is InChI=1S/C25H38N2O4/c1-14(24(30)31-2)27-23(29)21-19-5-3-18(4-6-19)20(21)22(28)26-13-25-10-15-7-16(11-25)9-17(8-15)12-25/h14-21H,3-13H2,1-2H3,(H,26,28)(H,27,29)/t14?,15?,16?,17?,18?,19?,20-,21+,25?/m1/s1. The lowest BCUT2D eigenvalue weighted by molar-refractivity contribution is -0.150. The average Bonchev–Trinajstić information content (AvgIpc) is 2.76. The van der Waals surface area contributed by atoms with Gasteiger partial charge in [-0.25, -0.2) is 4.79 Å². The number of hydrogen-bond acceptors (Lipinski definition) is 4. The number of methoxy groups -OCH3 is 1. The van der Waals surface area contributed by atoms with Crippen LogP contribution in [0.15, 0.2) is 0 Å². The molecule has 6 bridgehead atoms. The van der Waals surface area contributed by atoms with Crippen molar-refractivity contribution in [1.82, 2.24) is 10.6 Å². The summed E-state index contributed by atoms with van der Waals surface area (Å²) >= 11 is 0. The Morgan fingerprint density at radius 1 is 0.871 bits per heavy atom. The van der Waals surface area contributed by atoms with E-state index in [1.807, 2.05) is 0 Å². The molecule has 0 saturated heterocycles. The van der Waals surface area contributed by atoms with Gasteiger partial charge in [0.15, 0.2) is 0 Å². The summed E-state index contributed by atoms with van der Waals surface area (Å²) in [4.78, 5) is 38.4. The summed E-state index contributed by atoms with van der Waals surface area (Å²) in [5.74, 6) is 2.03. The summed E-state index contributed by atoms with van der Waals surface area (Å²) in [5.41, 5.74) is 0.301. The molecule has 1 unspecified atom stereocenters. The second-order valence-electron chi connectivity index (χ2n) is 11.6. The highest BCUT2D eigenvalue weighted by atomic mass is 16.5. The molecule has 0 aromatic heterocycles. The van der Waals surface area contributed by atoms with Gasteiger partial charge in [0.1, 0.15) is 6.04 Å². The zero-order valence-electron chi connectivity index (χ0n) is 19.0.